The molecule has 6 heteroatoms. The van der Waals surface area contributed by atoms with Crippen LogP contribution in [0.15, 0.2) is 41.0 Å². The number of methoxy groups -OCH3 is 1. The van der Waals surface area contributed by atoms with Crippen molar-refractivity contribution < 1.29 is 18.7 Å². The molecule has 148 valence electrons. The van der Waals surface area contributed by atoms with Crippen LogP contribution in [-0.2, 0) is 0 Å². The number of carbonyl (C=O) groups is 2. The third-order valence-electron chi connectivity index (χ3n) is 6.01. The Kier molecular flexibility index (Phi) is 5.37. The predicted molar refractivity (Wildman–Crippen MR) is 106 cm³/mol. The number of rotatable bonds is 4. The molecule has 1 aromatic heterocycles. The summed E-state index contributed by atoms with van der Waals surface area (Å²) in [6, 6.07) is 8.39. The van der Waals surface area contributed by atoms with Gasteiger partial charge in [-0.3, -0.25) is 9.59 Å². The van der Waals surface area contributed by atoms with Gasteiger partial charge in [0.1, 0.15) is 5.75 Å². The van der Waals surface area contributed by atoms with E-state index < -0.39 is 0 Å². The minimum Gasteiger partial charge on any atom is -0.496 e. The first kappa shape index (κ1) is 18.6. The lowest BCUT2D eigenvalue weighted by Crippen LogP contribution is -2.44. The fraction of sp³-hybridized carbons (Fsp3) is 0.455. The Balaban J connectivity index is 1.48. The molecule has 2 amide bonds. The predicted octanol–water partition coefficient (Wildman–Crippen LogP) is 4.19. The first-order valence-corrected chi connectivity index (χ1v) is 9.98. The Morgan fingerprint density at radius 3 is 2.71 bits per heavy atom. The van der Waals surface area contributed by atoms with Gasteiger partial charge in [0.05, 0.1) is 18.9 Å². The van der Waals surface area contributed by atoms with Crippen molar-refractivity contribution in [1.82, 2.24) is 4.90 Å². The first-order chi connectivity index (χ1) is 13.7. The largest absolute Gasteiger partial charge is 0.496 e. The maximum absolute atomic E-state index is 13.1. The standard InChI is InChI=1S/C22H26N2O4/c1-27-20-13-17(23-21(25)19-7-4-12-28-19)8-9-18(20)22(26)24-11-10-15-5-2-3-6-16(15)14-24/h4,7-9,12-13,15-16H,2-3,5-6,10-11,14H2,1H3,(H,23,25)/t15-,16+/m1/s1. The molecule has 1 saturated heterocycles. The minimum absolute atomic E-state index is 0.00443. The number of nitrogens with one attached hydrogen (secondary N) is 1. The smallest absolute Gasteiger partial charge is 0.291 e. The van der Waals surface area contributed by atoms with E-state index in [-0.39, 0.29) is 17.6 Å². The number of nitrogens with zero attached hydrogens (tertiary/aromatic N) is 1. The van der Waals surface area contributed by atoms with E-state index >= 15 is 0 Å². The molecule has 1 saturated carbocycles. The van der Waals surface area contributed by atoms with Gasteiger partial charge in [0.15, 0.2) is 5.76 Å². The van der Waals surface area contributed by atoms with E-state index in [1.807, 2.05) is 4.90 Å². The van der Waals surface area contributed by atoms with Crippen molar-refractivity contribution in [1.29, 1.82) is 0 Å². The zero-order valence-electron chi connectivity index (χ0n) is 16.1. The van der Waals surface area contributed by atoms with Gasteiger partial charge in [-0.2, -0.15) is 0 Å². The number of piperidine rings is 1. The molecular weight excluding hydrogens is 356 g/mol. The highest BCUT2D eigenvalue weighted by atomic mass is 16.5. The van der Waals surface area contributed by atoms with Crippen LogP contribution in [0.5, 0.6) is 5.75 Å². The van der Waals surface area contributed by atoms with Gasteiger partial charge in [0.2, 0.25) is 0 Å². The molecule has 1 aliphatic heterocycles. The lowest BCUT2D eigenvalue weighted by Gasteiger charge is -2.41. The second kappa shape index (κ2) is 8.09. The Bertz CT molecular complexity index is 846. The van der Waals surface area contributed by atoms with E-state index in [1.165, 1.54) is 39.1 Å². The summed E-state index contributed by atoms with van der Waals surface area (Å²) in [6.45, 7) is 1.64. The van der Waals surface area contributed by atoms with Crippen LogP contribution in [0, 0.1) is 11.8 Å². The summed E-state index contributed by atoms with van der Waals surface area (Å²) >= 11 is 0. The van der Waals surface area contributed by atoms with Crippen molar-refractivity contribution in [2.45, 2.75) is 32.1 Å². The van der Waals surface area contributed by atoms with Crippen LogP contribution >= 0.6 is 0 Å². The molecule has 2 aromatic rings. The normalized spacial score (nSPS) is 21.7. The second-order valence-corrected chi connectivity index (χ2v) is 7.69. The van der Waals surface area contributed by atoms with Crippen molar-refractivity contribution in [3.8, 4) is 5.75 Å². The van der Waals surface area contributed by atoms with Crippen LogP contribution in [0.1, 0.15) is 53.0 Å². The van der Waals surface area contributed by atoms with E-state index in [9.17, 15) is 9.59 Å². The molecule has 0 bridgehead atoms. The second-order valence-electron chi connectivity index (χ2n) is 7.69. The number of hydrogen-bond acceptors (Lipinski definition) is 4. The van der Waals surface area contributed by atoms with Gasteiger partial charge in [0.25, 0.3) is 11.8 Å². The number of ether oxygens (including phenoxy) is 1. The molecule has 2 atom stereocenters. The molecule has 1 aliphatic carbocycles. The van der Waals surface area contributed by atoms with Crippen molar-refractivity contribution in [3.63, 3.8) is 0 Å². The van der Waals surface area contributed by atoms with E-state index in [0.717, 1.165) is 25.4 Å². The number of fused-ring (bicyclic) bond motifs is 1. The lowest BCUT2D eigenvalue weighted by atomic mass is 9.75. The maximum Gasteiger partial charge on any atom is 0.291 e. The molecule has 28 heavy (non-hydrogen) atoms. The molecule has 2 heterocycles. The maximum atomic E-state index is 13.1. The summed E-state index contributed by atoms with van der Waals surface area (Å²) in [5, 5.41) is 2.76. The Hall–Kier alpha value is -2.76. The molecule has 0 spiro atoms. The topological polar surface area (TPSA) is 71.8 Å². The third kappa shape index (κ3) is 3.77. The summed E-state index contributed by atoms with van der Waals surface area (Å²) in [5.41, 5.74) is 1.09. The minimum atomic E-state index is -0.342. The Labute approximate surface area is 164 Å². The molecule has 0 unspecified atom stereocenters. The monoisotopic (exact) mass is 382 g/mol. The van der Waals surface area contributed by atoms with Gasteiger partial charge in [0, 0.05) is 24.8 Å². The molecule has 2 aliphatic rings. The summed E-state index contributed by atoms with van der Waals surface area (Å²) in [6.07, 6.45) is 7.68. The van der Waals surface area contributed by atoms with Crippen molar-refractivity contribution >= 4 is 17.5 Å². The number of benzene rings is 1. The molecule has 4 rings (SSSR count). The molecule has 1 aromatic carbocycles. The first-order valence-electron chi connectivity index (χ1n) is 9.98. The fourth-order valence-corrected chi connectivity index (χ4v) is 4.50. The van der Waals surface area contributed by atoms with Crippen LogP contribution in [0.2, 0.25) is 0 Å². The van der Waals surface area contributed by atoms with Gasteiger partial charge in [-0.25, -0.2) is 0 Å². The van der Waals surface area contributed by atoms with Crippen LogP contribution < -0.4 is 10.1 Å². The summed E-state index contributed by atoms with van der Waals surface area (Å²) < 4.78 is 10.6. The summed E-state index contributed by atoms with van der Waals surface area (Å²) in [5.74, 6) is 1.76. The van der Waals surface area contributed by atoms with Crippen LogP contribution in [-0.4, -0.2) is 36.9 Å². The lowest BCUT2D eigenvalue weighted by molar-refractivity contribution is 0.0518. The van der Waals surface area contributed by atoms with Gasteiger partial charge in [-0.1, -0.05) is 19.3 Å². The van der Waals surface area contributed by atoms with Crippen LogP contribution in [0.4, 0.5) is 5.69 Å². The number of anilines is 1. The van der Waals surface area contributed by atoms with Gasteiger partial charge in [-0.05, 0) is 48.9 Å². The van der Waals surface area contributed by atoms with Gasteiger partial charge >= 0.3 is 0 Å². The molecule has 2 fully saturated rings. The molecular formula is C22H26N2O4. The number of amides is 2. The van der Waals surface area contributed by atoms with Crippen LogP contribution in [0.25, 0.3) is 0 Å². The van der Waals surface area contributed by atoms with E-state index in [4.69, 9.17) is 9.15 Å². The Morgan fingerprint density at radius 2 is 1.96 bits per heavy atom. The Morgan fingerprint density at radius 1 is 1.14 bits per heavy atom. The number of carbonyl (C=O) groups excluding carboxylic acids is 2. The van der Waals surface area contributed by atoms with E-state index in [0.29, 0.717) is 22.9 Å². The quantitative estimate of drug-likeness (QED) is 0.860. The van der Waals surface area contributed by atoms with Crippen molar-refractivity contribution in [2.75, 3.05) is 25.5 Å². The number of hydrogen-bond donors (Lipinski definition) is 1. The van der Waals surface area contributed by atoms with E-state index in [1.54, 1.807) is 30.3 Å². The summed E-state index contributed by atoms with van der Waals surface area (Å²) in [7, 11) is 1.54. The van der Waals surface area contributed by atoms with Crippen molar-refractivity contribution in [2.24, 2.45) is 11.8 Å². The average molecular weight is 382 g/mol. The van der Waals surface area contributed by atoms with Crippen molar-refractivity contribution in [3.05, 3.63) is 47.9 Å². The fourth-order valence-electron chi connectivity index (χ4n) is 4.50. The highest BCUT2D eigenvalue weighted by Gasteiger charge is 2.33. The molecule has 1 N–H and O–H groups in total. The molecule has 0 radical (unpaired) electrons. The zero-order chi connectivity index (χ0) is 19.5. The van der Waals surface area contributed by atoms with E-state index in [2.05, 4.69) is 5.32 Å². The number of furan rings is 1. The third-order valence-corrected chi connectivity index (χ3v) is 6.01. The number of likely N-dealkylation sites (tertiary alicyclic amines) is 1. The van der Waals surface area contributed by atoms with Gasteiger partial charge in [-0.15, -0.1) is 0 Å². The van der Waals surface area contributed by atoms with Crippen LogP contribution in [0.3, 0.4) is 0 Å². The highest BCUT2D eigenvalue weighted by Crippen LogP contribution is 2.37. The summed E-state index contributed by atoms with van der Waals surface area (Å²) in [4.78, 5) is 27.2. The molecule has 6 nitrogen and oxygen atoms in total. The average Bonchev–Trinajstić information content (AvgIpc) is 3.28. The zero-order valence-corrected chi connectivity index (χ0v) is 16.1. The highest BCUT2D eigenvalue weighted by molar-refractivity contribution is 6.03. The van der Waals surface area contributed by atoms with Gasteiger partial charge < -0.3 is 19.4 Å². The SMILES string of the molecule is COc1cc(NC(=O)c2ccco2)ccc1C(=O)N1CC[C@H]2CCCC[C@H]2C1.